The number of nitrogens with one attached hydrogen (secondary N) is 1. The van der Waals surface area contributed by atoms with Crippen LogP contribution in [0.2, 0.25) is 5.02 Å². The molecule has 0 saturated carbocycles. The number of ether oxygens (including phenoxy) is 1. The van der Waals surface area contributed by atoms with Gasteiger partial charge in [0.1, 0.15) is 0 Å². The van der Waals surface area contributed by atoms with Crippen LogP contribution in [-0.4, -0.2) is 51.9 Å². The standard InChI is InChI=1S/C15H23ClN2O3S/c1-21-10-8-15(17-22(2,19)20)7-9-18(12-15)11-13-3-5-14(16)6-4-13/h3-6,17H,7-12H2,1-2H3. The number of sulfonamides is 1. The Hall–Kier alpha value is -0.660. The van der Waals surface area contributed by atoms with E-state index in [4.69, 9.17) is 16.3 Å². The predicted octanol–water partition coefficient (Wildman–Crippen LogP) is 1.87. The van der Waals surface area contributed by atoms with Crippen molar-refractivity contribution in [2.75, 3.05) is 33.1 Å². The highest BCUT2D eigenvalue weighted by atomic mass is 35.5. The van der Waals surface area contributed by atoms with Gasteiger partial charge in [-0.05, 0) is 30.5 Å². The summed E-state index contributed by atoms with van der Waals surface area (Å²) in [6.45, 7) is 2.87. The smallest absolute Gasteiger partial charge is 0.209 e. The van der Waals surface area contributed by atoms with E-state index < -0.39 is 15.6 Å². The van der Waals surface area contributed by atoms with Gasteiger partial charge in [-0.3, -0.25) is 4.90 Å². The third-order valence-electron chi connectivity index (χ3n) is 3.94. The second-order valence-electron chi connectivity index (χ2n) is 5.98. The van der Waals surface area contributed by atoms with Crippen LogP contribution in [-0.2, 0) is 21.3 Å². The summed E-state index contributed by atoms with van der Waals surface area (Å²) >= 11 is 5.90. The highest BCUT2D eigenvalue weighted by molar-refractivity contribution is 7.88. The lowest BCUT2D eigenvalue weighted by Gasteiger charge is -2.29. The van der Waals surface area contributed by atoms with E-state index in [0.29, 0.717) is 19.6 Å². The van der Waals surface area contributed by atoms with Gasteiger partial charge in [0.25, 0.3) is 0 Å². The van der Waals surface area contributed by atoms with Crippen molar-refractivity contribution in [3.05, 3.63) is 34.9 Å². The molecule has 0 spiro atoms. The fourth-order valence-electron chi connectivity index (χ4n) is 2.97. The van der Waals surface area contributed by atoms with Gasteiger partial charge in [0.15, 0.2) is 0 Å². The fourth-order valence-corrected chi connectivity index (χ4v) is 4.15. The quantitative estimate of drug-likeness (QED) is 0.818. The molecule has 1 heterocycles. The molecule has 1 atom stereocenters. The summed E-state index contributed by atoms with van der Waals surface area (Å²) in [4.78, 5) is 2.26. The minimum absolute atomic E-state index is 0.435. The van der Waals surface area contributed by atoms with Gasteiger partial charge in [0.05, 0.1) is 6.26 Å². The maximum absolute atomic E-state index is 11.7. The van der Waals surface area contributed by atoms with E-state index in [1.165, 1.54) is 11.8 Å². The minimum Gasteiger partial charge on any atom is -0.385 e. The molecule has 1 unspecified atom stereocenters. The first-order valence-electron chi connectivity index (χ1n) is 7.27. The summed E-state index contributed by atoms with van der Waals surface area (Å²) in [5.41, 5.74) is 0.738. The van der Waals surface area contributed by atoms with E-state index >= 15 is 0 Å². The second-order valence-corrected chi connectivity index (χ2v) is 8.17. The molecule has 7 heteroatoms. The van der Waals surface area contributed by atoms with E-state index in [-0.39, 0.29) is 0 Å². The summed E-state index contributed by atoms with van der Waals surface area (Å²) in [5, 5.41) is 0.721. The average Bonchev–Trinajstić information content (AvgIpc) is 2.80. The van der Waals surface area contributed by atoms with Crippen molar-refractivity contribution in [2.24, 2.45) is 0 Å². The van der Waals surface area contributed by atoms with Gasteiger partial charge in [-0.15, -0.1) is 0 Å². The number of nitrogens with zero attached hydrogens (tertiary/aromatic N) is 1. The average molecular weight is 347 g/mol. The van der Waals surface area contributed by atoms with Crippen molar-refractivity contribution in [3.63, 3.8) is 0 Å². The van der Waals surface area contributed by atoms with Crippen molar-refractivity contribution in [1.29, 1.82) is 0 Å². The van der Waals surface area contributed by atoms with Crippen molar-refractivity contribution >= 4 is 21.6 Å². The molecule has 1 saturated heterocycles. The maximum Gasteiger partial charge on any atom is 0.209 e. The normalized spacial score (nSPS) is 23.0. The minimum atomic E-state index is -3.25. The molecule has 0 aliphatic carbocycles. The number of rotatable bonds is 7. The Kier molecular flexibility index (Phi) is 5.85. The van der Waals surface area contributed by atoms with Crippen LogP contribution < -0.4 is 4.72 Å². The SMILES string of the molecule is COCCC1(NS(C)(=O)=O)CCN(Cc2ccc(Cl)cc2)C1. The van der Waals surface area contributed by atoms with Crippen LogP contribution in [0, 0.1) is 0 Å². The highest BCUT2D eigenvalue weighted by Gasteiger charge is 2.39. The van der Waals surface area contributed by atoms with Crippen LogP contribution in [0.4, 0.5) is 0 Å². The van der Waals surface area contributed by atoms with Gasteiger partial charge in [-0.25, -0.2) is 13.1 Å². The van der Waals surface area contributed by atoms with Crippen LogP contribution in [0.3, 0.4) is 0 Å². The number of hydrogen-bond acceptors (Lipinski definition) is 4. The molecule has 1 fully saturated rings. The highest BCUT2D eigenvalue weighted by Crippen LogP contribution is 2.27. The Morgan fingerprint density at radius 3 is 2.64 bits per heavy atom. The topological polar surface area (TPSA) is 58.6 Å². The molecule has 1 aliphatic heterocycles. The molecule has 5 nitrogen and oxygen atoms in total. The summed E-state index contributed by atoms with van der Waals surface area (Å²) < 4.78 is 31.3. The molecule has 0 aromatic heterocycles. The Bertz CT molecular complexity index is 591. The van der Waals surface area contributed by atoms with Crippen LogP contribution >= 0.6 is 11.6 Å². The fraction of sp³-hybridized carbons (Fsp3) is 0.600. The molecular weight excluding hydrogens is 324 g/mol. The molecule has 22 heavy (non-hydrogen) atoms. The largest absolute Gasteiger partial charge is 0.385 e. The number of likely N-dealkylation sites (tertiary alicyclic amines) is 1. The lowest BCUT2D eigenvalue weighted by atomic mass is 9.96. The van der Waals surface area contributed by atoms with Gasteiger partial charge in [0, 0.05) is 43.9 Å². The van der Waals surface area contributed by atoms with E-state index in [9.17, 15) is 8.42 Å². The molecule has 0 bridgehead atoms. The van der Waals surface area contributed by atoms with Gasteiger partial charge >= 0.3 is 0 Å². The third-order valence-corrected chi connectivity index (χ3v) is 4.99. The Balaban J connectivity index is 2.03. The van der Waals surface area contributed by atoms with Crippen LogP contribution in [0.15, 0.2) is 24.3 Å². The predicted molar refractivity (Wildman–Crippen MR) is 88.5 cm³/mol. The Labute approximate surface area is 137 Å². The third kappa shape index (κ3) is 5.21. The number of halogens is 1. The van der Waals surface area contributed by atoms with E-state index in [2.05, 4.69) is 9.62 Å². The van der Waals surface area contributed by atoms with Crippen LogP contribution in [0.5, 0.6) is 0 Å². The number of hydrogen-bond donors (Lipinski definition) is 1. The molecular formula is C15H23ClN2O3S. The Morgan fingerprint density at radius 1 is 1.36 bits per heavy atom. The van der Waals surface area contributed by atoms with Crippen LogP contribution in [0.1, 0.15) is 18.4 Å². The van der Waals surface area contributed by atoms with Crippen molar-refractivity contribution < 1.29 is 13.2 Å². The number of benzene rings is 1. The molecule has 0 amide bonds. The first kappa shape index (κ1) is 17.7. The molecule has 1 aliphatic rings. The summed E-state index contributed by atoms with van der Waals surface area (Å²) in [6, 6.07) is 7.75. The molecule has 1 N–H and O–H groups in total. The number of methoxy groups -OCH3 is 1. The van der Waals surface area contributed by atoms with E-state index in [1.807, 2.05) is 24.3 Å². The zero-order chi connectivity index (χ0) is 16.2. The van der Waals surface area contributed by atoms with Crippen LogP contribution in [0.25, 0.3) is 0 Å². The lowest BCUT2D eigenvalue weighted by molar-refractivity contribution is 0.161. The van der Waals surface area contributed by atoms with Gasteiger partial charge in [-0.1, -0.05) is 23.7 Å². The molecule has 1 aromatic rings. The molecule has 124 valence electrons. The van der Waals surface area contributed by atoms with Gasteiger partial charge < -0.3 is 4.74 Å². The summed E-state index contributed by atoms with van der Waals surface area (Å²) in [6.07, 6.45) is 2.67. The molecule has 1 aromatic carbocycles. The van der Waals surface area contributed by atoms with Crippen molar-refractivity contribution in [2.45, 2.75) is 24.9 Å². The monoisotopic (exact) mass is 346 g/mol. The molecule has 2 rings (SSSR count). The van der Waals surface area contributed by atoms with Crippen molar-refractivity contribution in [3.8, 4) is 0 Å². The zero-order valence-electron chi connectivity index (χ0n) is 13.0. The summed E-state index contributed by atoms with van der Waals surface area (Å²) in [7, 11) is -1.61. The maximum atomic E-state index is 11.7. The second kappa shape index (κ2) is 7.27. The van der Waals surface area contributed by atoms with E-state index in [1.54, 1.807) is 7.11 Å². The Morgan fingerprint density at radius 2 is 2.05 bits per heavy atom. The zero-order valence-corrected chi connectivity index (χ0v) is 14.6. The van der Waals surface area contributed by atoms with E-state index in [0.717, 1.165) is 24.5 Å². The lowest BCUT2D eigenvalue weighted by Crippen LogP contribution is -2.50. The van der Waals surface area contributed by atoms with Crippen molar-refractivity contribution in [1.82, 2.24) is 9.62 Å². The van der Waals surface area contributed by atoms with Gasteiger partial charge in [0.2, 0.25) is 10.0 Å². The van der Waals surface area contributed by atoms with Gasteiger partial charge in [-0.2, -0.15) is 0 Å². The summed E-state index contributed by atoms with van der Waals surface area (Å²) in [5.74, 6) is 0. The molecule has 0 radical (unpaired) electrons. The first-order chi connectivity index (χ1) is 10.3. The first-order valence-corrected chi connectivity index (χ1v) is 9.54.